The van der Waals surface area contributed by atoms with E-state index in [2.05, 4.69) is 26.1 Å². The summed E-state index contributed by atoms with van der Waals surface area (Å²) in [5.74, 6) is 1.19. The number of nitrogens with two attached hydrogens (primary N) is 1. The lowest BCUT2D eigenvalue weighted by Gasteiger charge is -1.99. The topological polar surface area (TPSA) is 64.9 Å². The van der Waals surface area contributed by atoms with Crippen molar-refractivity contribution in [3.8, 4) is 11.4 Å². The van der Waals surface area contributed by atoms with Gasteiger partial charge in [0.25, 0.3) is 0 Å². The number of halogens is 1. The van der Waals surface area contributed by atoms with E-state index in [1.54, 1.807) is 0 Å². The maximum absolute atomic E-state index is 5.70. The van der Waals surface area contributed by atoms with E-state index >= 15 is 0 Å². The largest absolute Gasteiger partial charge is 0.399 e. The van der Waals surface area contributed by atoms with Gasteiger partial charge in [-0.15, -0.1) is 0 Å². The molecule has 2 aromatic rings. The fraction of sp³-hybridized carbons (Fsp3) is 0.200. The Bertz CT molecular complexity index is 481. The SMILES string of the molecule is CCc1nc(-c2cc(N)ccc2Br)no1. The second-order valence-electron chi connectivity index (χ2n) is 3.10. The fourth-order valence-electron chi connectivity index (χ4n) is 1.22. The molecule has 1 aromatic heterocycles. The minimum Gasteiger partial charge on any atom is -0.399 e. The highest BCUT2D eigenvalue weighted by atomic mass is 79.9. The van der Waals surface area contributed by atoms with Crippen molar-refractivity contribution in [1.29, 1.82) is 0 Å². The lowest BCUT2D eigenvalue weighted by Crippen LogP contribution is -1.88. The number of benzene rings is 1. The molecule has 15 heavy (non-hydrogen) atoms. The van der Waals surface area contributed by atoms with Crippen LogP contribution in [0, 0.1) is 0 Å². The van der Waals surface area contributed by atoms with Crippen LogP contribution >= 0.6 is 15.9 Å². The maximum Gasteiger partial charge on any atom is 0.226 e. The highest BCUT2D eigenvalue weighted by Gasteiger charge is 2.10. The van der Waals surface area contributed by atoms with Crippen LogP contribution in [0.5, 0.6) is 0 Å². The van der Waals surface area contributed by atoms with Crippen molar-refractivity contribution in [3.05, 3.63) is 28.6 Å². The first-order valence-corrected chi connectivity index (χ1v) is 5.38. The molecule has 0 saturated heterocycles. The van der Waals surface area contributed by atoms with Gasteiger partial charge >= 0.3 is 0 Å². The van der Waals surface area contributed by atoms with Gasteiger partial charge < -0.3 is 10.3 Å². The second-order valence-corrected chi connectivity index (χ2v) is 3.96. The van der Waals surface area contributed by atoms with E-state index in [4.69, 9.17) is 10.3 Å². The summed E-state index contributed by atoms with van der Waals surface area (Å²) >= 11 is 3.42. The minimum atomic E-state index is 0.561. The number of hydrogen-bond donors (Lipinski definition) is 1. The van der Waals surface area contributed by atoms with Crippen molar-refractivity contribution < 1.29 is 4.52 Å². The predicted octanol–water partition coefficient (Wildman–Crippen LogP) is 2.64. The van der Waals surface area contributed by atoms with Crippen LogP contribution in [0.15, 0.2) is 27.2 Å². The molecule has 0 aliphatic carbocycles. The van der Waals surface area contributed by atoms with Gasteiger partial charge in [0.2, 0.25) is 11.7 Å². The summed E-state index contributed by atoms with van der Waals surface area (Å²) in [5.41, 5.74) is 7.22. The molecule has 0 radical (unpaired) electrons. The zero-order chi connectivity index (χ0) is 10.8. The number of nitrogens with zero attached hydrogens (tertiary/aromatic N) is 2. The predicted molar refractivity (Wildman–Crippen MR) is 61.2 cm³/mol. The van der Waals surface area contributed by atoms with Crippen LogP contribution in [-0.4, -0.2) is 10.1 Å². The number of rotatable bonds is 2. The molecule has 78 valence electrons. The summed E-state index contributed by atoms with van der Waals surface area (Å²) in [5, 5.41) is 3.89. The minimum absolute atomic E-state index is 0.561. The van der Waals surface area contributed by atoms with Crippen LogP contribution in [0.4, 0.5) is 5.69 Å². The Kier molecular flexibility index (Phi) is 2.73. The van der Waals surface area contributed by atoms with Gasteiger partial charge in [-0.1, -0.05) is 28.0 Å². The summed E-state index contributed by atoms with van der Waals surface area (Å²) in [6.45, 7) is 1.96. The van der Waals surface area contributed by atoms with E-state index in [1.165, 1.54) is 0 Å². The first kappa shape index (κ1) is 10.2. The van der Waals surface area contributed by atoms with Gasteiger partial charge in [-0.25, -0.2) is 0 Å². The average molecular weight is 268 g/mol. The lowest BCUT2D eigenvalue weighted by molar-refractivity contribution is 0.383. The molecule has 0 amide bonds. The maximum atomic E-state index is 5.70. The van der Waals surface area contributed by atoms with Gasteiger partial charge in [0.15, 0.2) is 0 Å². The van der Waals surface area contributed by atoms with Gasteiger partial charge in [-0.3, -0.25) is 0 Å². The summed E-state index contributed by atoms with van der Waals surface area (Å²) in [4.78, 5) is 4.24. The van der Waals surface area contributed by atoms with Gasteiger partial charge in [0.05, 0.1) is 0 Å². The van der Waals surface area contributed by atoms with Crippen LogP contribution in [-0.2, 0) is 6.42 Å². The number of aryl methyl sites for hydroxylation is 1. The van der Waals surface area contributed by atoms with E-state index in [0.717, 1.165) is 16.5 Å². The van der Waals surface area contributed by atoms with E-state index in [-0.39, 0.29) is 0 Å². The molecule has 5 heteroatoms. The Hall–Kier alpha value is -1.36. The van der Waals surface area contributed by atoms with Crippen LogP contribution in [0.3, 0.4) is 0 Å². The quantitative estimate of drug-likeness (QED) is 0.850. The number of nitrogen functional groups attached to an aromatic ring is 1. The molecule has 0 atom stereocenters. The van der Waals surface area contributed by atoms with Crippen molar-refractivity contribution in [3.63, 3.8) is 0 Å². The third-order valence-electron chi connectivity index (χ3n) is 2.00. The first-order valence-electron chi connectivity index (χ1n) is 4.58. The zero-order valence-corrected chi connectivity index (χ0v) is 9.78. The molecule has 2 rings (SSSR count). The van der Waals surface area contributed by atoms with Crippen molar-refractivity contribution in [1.82, 2.24) is 10.1 Å². The van der Waals surface area contributed by atoms with Crippen molar-refractivity contribution >= 4 is 21.6 Å². The molecular weight excluding hydrogens is 258 g/mol. The van der Waals surface area contributed by atoms with Gasteiger partial charge in [0.1, 0.15) is 0 Å². The zero-order valence-electron chi connectivity index (χ0n) is 8.20. The molecule has 0 unspecified atom stereocenters. The van der Waals surface area contributed by atoms with E-state index in [1.807, 2.05) is 25.1 Å². The number of hydrogen-bond acceptors (Lipinski definition) is 4. The number of aromatic nitrogens is 2. The summed E-state index contributed by atoms with van der Waals surface area (Å²) in [6.07, 6.45) is 0.729. The Balaban J connectivity index is 2.48. The van der Waals surface area contributed by atoms with Crippen molar-refractivity contribution in [2.24, 2.45) is 0 Å². The fourth-order valence-corrected chi connectivity index (χ4v) is 1.65. The Morgan fingerprint density at radius 2 is 2.27 bits per heavy atom. The number of anilines is 1. The Morgan fingerprint density at radius 1 is 1.47 bits per heavy atom. The first-order chi connectivity index (χ1) is 7.20. The molecule has 0 aliphatic rings. The van der Waals surface area contributed by atoms with Gasteiger partial charge in [-0.2, -0.15) is 4.98 Å². The molecule has 0 bridgehead atoms. The molecule has 0 fully saturated rings. The summed E-state index contributed by atoms with van der Waals surface area (Å²) in [6, 6.07) is 5.50. The summed E-state index contributed by atoms with van der Waals surface area (Å²) in [7, 11) is 0. The molecule has 0 spiro atoms. The van der Waals surface area contributed by atoms with Crippen LogP contribution in [0.25, 0.3) is 11.4 Å². The van der Waals surface area contributed by atoms with Crippen molar-refractivity contribution in [2.75, 3.05) is 5.73 Å². The third-order valence-corrected chi connectivity index (χ3v) is 2.69. The highest BCUT2D eigenvalue weighted by molar-refractivity contribution is 9.10. The molecule has 1 aromatic carbocycles. The van der Waals surface area contributed by atoms with E-state index in [0.29, 0.717) is 17.4 Å². The molecule has 0 aliphatic heterocycles. The smallest absolute Gasteiger partial charge is 0.226 e. The van der Waals surface area contributed by atoms with E-state index in [9.17, 15) is 0 Å². The lowest BCUT2D eigenvalue weighted by atomic mass is 10.2. The molecule has 4 nitrogen and oxygen atoms in total. The Labute approximate surface area is 95.6 Å². The van der Waals surface area contributed by atoms with Crippen molar-refractivity contribution in [2.45, 2.75) is 13.3 Å². The normalized spacial score (nSPS) is 10.5. The van der Waals surface area contributed by atoms with E-state index < -0.39 is 0 Å². The molecule has 0 saturated carbocycles. The molecule has 1 heterocycles. The van der Waals surface area contributed by atoms with Crippen LogP contribution in [0.2, 0.25) is 0 Å². The molecule has 2 N–H and O–H groups in total. The second kappa shape index (κ2) is 4.02. The van der Waals surface area contributed by atoms with Gasteiger partial charge in [-0.05, 0) is 18.2 Å². The average Bonchev–Trinajstić information content (AvgIpc) is 2.70. The van der Waals surface area contributed by atoms with Crippen LogP contribution < -0.4 is 5.73 Å². The standard InChI is InChI=1S/C10H10BrN3O/c1-2-9-13-10(14-15-9)7-5-6(12)3-4-8(7)11/h3-5H,2,12H2,1H3. The monoisotopic (exact) mass is 267 g/mol. The highest BCUT2D eigenvalue weighted by Crippen LogP contribution is 2.27. The van der Waals surface area contributed by atoms with Gasteiger partial charge in [0, 0.05) is 22.1 Å². The Morgan fingerprint density at radius 3 is 2.93 bits per heavy atom. The molecular formula is C10H10BrN3O. The van der Waals surface area contributed by atoms with Crippen LogP contribution in [0.1, 0.15) is 12.8 Å². The summed E-state index contributed by atoms with van der Waals surface area (Å²) < 4.78 is 5.94. The third kappa shape index (κ3) is 2.02.